The van der Waals surface area contributed by atoms with Gasteiger partial charge in [0.1, 0.15) is 12.4 Å². The van der Waals surface area contributed by atoms with Gasteiger partial charge in [-0.1, -0.05) is 72.8 Å². The fourth-order valence-electron chi connectivity index (χ4n) is 4.03. The minimum Gasteiger partial charge on any atom is -0.489 e. The first-order valence-corrected chi connectivity index (χ1v) is 11.7. The highest BCUT2D eigenvalue weighted by Crippen LogP contribution is 2.33. The Morgan fingerprint density at radius 1 is 0.914 bits per heavy atom. The summed E-state index contributed by atoms with van der Waals surface area (Å²) < 4.78 is 11.4. The monoisotopic (exact) mass is 470 g/mol. The van der Waals surface area contributed by atoms with Crippen molar-refractivity contribution in [1.82, 2.24) is 10.2 Å². The van der Waals surface area contributed by atoms with E-state index in [4.69, 9.17) is 9.47 Å². The van der Waals surface area contributed by atoms with Gasteiger partial charge in [-0.25, -0.2) is 9.59 Å². The van der Waals surface area contributed by atoms with Gasteiger partial charge in [0, 0.05) is 5.70 Å². The molecule has 2 amide bonds. The number of nitrogens with one attached hydrogen (secondary N) is 1. The molecule has 0 radical (unpaired) electrons. The van der Waals surface area contributed by atoms with Gasteiger partial charge in [-0.2, -0.15) is 0 Å². The van der Waals surface area contributed by atoms with Gasteiger partial charge in [0.05, 0.1) is 24.3 Å². The zero-order chi connectivity index (χ0) is 24.8. The first-order valence-electron chi connectivity index (χ1n) is 11.7. The summed E-state index contributed by atoms with van der Waals surface area (Å²) in [5.41, 5.74) is 3.83. The number of hydrogen-bond acceptors (Lipinski definition) is 4. The van der Waals surface area contributed by atoms with Gasteiger partial charge in [0.15, 0.2) is 0 Å². The van der Waals surface area contributed by atoms with Crippen LogP contribution in [-0.4, -0.2) is 23.0 Å². The van der Waals surface area contributed by atoms with E-state index < -0.39 is 12.0 Å². The lowest BCUT2D eigenvalue weighted by molar-refractivity contribution is -0.143. The van der Waals surface area contributed by atoms with Gasteiger partial charge in [-0.3, -0.25) is 4.90 Å². The van der Waals surface area contributed by atoms with Crippen molar-refractivity contribution in [2.24, 2.45) is 0 Å². The Morgan fingerprint density at radius 3 is 2.11 bits per heavy atom. The van der Waals surface area contributed by atoms with Crippen LogP contribution in [0.4, 0.5) is 4.79 Å². The van der Waals surface area contributed by atoms with Crippen LogP contribution in [0.25, 0.3) is 0 Å². The summed E-state index contributed by atoms with van der Waals surface area (Å²) in [6, 6.07) is 26.2. The van der Waals surface area contributed by atoms with E-state index in [9.17, 15) is 9.59 Å². The number of carbonyl (C=O) groups excluding carboxylic acids is 2. The Kier molecular flexibility index (Phi) is 7.51. The molecule has 0 unspecified atom stereocenters. The van der Waals surface area contributed by atoms with E-state index >= 15 is 0 Å². The molecule has 1 aliphatic rings. The second kappa shape index (κ2) is 10.9. The second-order valence-electron chi connectivity index (χ2n) is 8.75. The van der Waals surface area contributed by atoms with Crippen molar-refractivity contribution in [3.63, 3.8) is 0 Å². The van der Waals surface area contributed by atoms with Crippen LogP contribution in [-0.2, 0) is 22.7 Å². The number of allylic oxidation sites excluding steroid dienone is 1. The smallest absolute Gasteiger partial charge is 0.338 e. The number of carbonyl (C=O) groups is 2. The predicted molar refractivity (Wildman–Crippen MR) is 134 cm³/mol. The van der Waals surface area contributed by atoms with E-state index in [0.29, 0.717) is 30.2 Å². The van der Waals surface area contributed by atoms with Crippen LogP contribution >= 0.6 is 0 Å². The first kappa shape index (κ1) is 24.1. The third-order valence-corrected chi connectivity index (χ3v) is 5.80. The molecule has 0 fully saturated rings. The number of esters is 1. The second-order valence-corrected chi connectivity index (χ2v) is 8.75. The maximum absolute atomic E-state index is 13.2. The normalized spacial score (nSPS) is 15.7. The number of amides is 2. The molecule has 6 heteroatoms. The Morgan fingerprint density at radius 2 is 1.51 bits per heavy atom. The highest BCUT2D eigenvalue weighted by molar-refractivity contribution is 5.95. The summed E-state index contributed by atoms with van der Waals surface area (Å²) in [7, 11) is 0. The Balaban J connectivity index is 1.59. The van der Waals surface area contributed by atoms with Crippen molar-refractivity contribution in [2.45, 2.75) is 46.1 Å². The van der Waals surface area contributed by atoms with Crippen LogP contribution < -0.4 is 10.1 Å². The molecule has 1 N–H and O–H groups in total. The van der Waals surface area contributed by atoms with Gasteiger partial charge < -0.3 is 14.8 Å². The molecule has 0 aliphatic carbocycles. The van der Waals surface area contributed by atoms with E-state index in [-0.39, 0.29) is 12.1 Å². The van der Waals surface area contributed by atoms with Crippen molar-refractivity contribution in [3.8, 4) is 5.75 Å². The van der Waals surface area contributed by atoms with Gasteiger partial charge in [-0.05, 0) is 49.6 Å². The number of ether oxygens (including phenoxy) is 2. The highest BCUT2D eigenvalue weighted by atomic mass is 16.5. The fourth-order valence-corrected chi connectivity index (χ4v) is 4.03. The number of nitrogens with zero attached hydrogens (tertiary/aromatic N) is 1. The van der Waals surface area contributed by atoms with E-state index in [2.05, 4.69) is 5.32 Å². The highest BCUT2D eigenvalue weighted by Gasteiger charge is 2.36. The Labute approximate surface area is 206 Å². The van der Waals surface area contributed by atoms with E-state index in [0.717, 1.165) is 16.7 Å². The molecular formula is C29H30N2O4. The first-order chi connectivity index (χ1) is 16.9. The van der Waals surface area contributed by atoms with Crippen molar-refractivity contribution >= 4 is 12.0 Å². The van der Waals surface area contributed by atoms with Crippen LogP contribution in [0.5, 0.6) is 5.75 Å². The van der Waals surface area contributed by atoms with Crippen LogP contribution in [0.3, 0.4) is 0 Å². The molecule has 180 valence electrons. The minimum absolute atomic E-state index is 0.262. The molecule has 0 saturated carbocycles. The molecule has 1 heterocycles. The zero-order valence-electron chi connectivity index (χ0n) is 20.2. The van der Waals surface area contributed by atoms with Gasteiger partial charge in [-0.15, -0.1) is 0 Å². The molecule has 1 atom stereocenters. The average molecular weight is 471 g/mol. The molecule has 35 heavy (non-hydrogen) atoms. The van der Waals surface area contributed by atoms with Gasteiger partial charge in [0.2, 0.25) is 0 Å². The minimum atomic E-state index is -0.621. The standard InChI is InChI=1S/C29H30N2O4/c1-20(2)35-28(32)26-21(3)31(18-22-10-6-4-7-11-22)29(33)30-27(26)24-14-16-25(17-15-24)34-19-23-12-8-5-9-13-23/h4-17,20,27H,18-19H2,1-3H3,(H,30,33)/t27-/m1/s1. The quantitative estimate of drug-likeness (QED) is 0.425. The molecule has 3 aromatic carbocycles. The molecule has 0 spiro atoms. The maximum atomic E-state index is 13.2. The maximum Gasteiger partial charge on any atom is 0.338 e. The van der Waals surface area contributed by atoms with Crippen LogP contribution in [0, 0.1) is 0 Å². The molecule has 0 bridgehead atoms. The average Bonchev–Trinajstić information content (AvgIpc) is 2.86. The lowest BCUT2D eigenvalue weighted by Gasteiger charge is -2.35. The van der Waals surface area contributed by atoms with E-state index in [1.165, 1.54) is 0 Å². The summed E-state index contributed by atoms with van der Waals surface area (Å²) in [5, 5.41) is 3.00. The summed E-state index contributed by atoms with van der Waals surface area (Å²) in [6.07, 6.45) is -0.280. The number of urea groups is 1. The third kappa shape index (κ3) is 5.90. The summed E-state index contributed by atoms with van der Waals surface area (Å²) in [4.78, 5) is 27.8. The molecule has 4 rings (SSSR count). The van der Waals surface area contributed by atoms with E-state index in [1.54, 1.807) is 11.8 Å². The largest absolute Gasteiger partial charge is 0.489 e. The summed E-state index contributed by atoms with van der Waals surface area (Å²) in [5.74, 6) is 0.266. The van der Waals surface area contributed by atoms with Crippen molar-refractivity contribution < 1.29 is 19.1 Å². The van der Waals surface area contributed by atoms with Crippen molar-refractivity contribution in [3.05, 3.63) is 113 Å². The van der Waals surface area contributed by atoms with Crippen molar-refractivity contribution in [2.75, 3.05) is 0 Å². The van der Waals surface area contributed by atoms with Gasteiger partial charge >= 0.3 is 12.0 Å². The third-order valence-electron chi connectivity index (χ3n) is 5.80. The van der Waals surface area contributed by atoms with Crippen LogP contribution in [0.2, 0.25) is 0 Å². The molecule has 0 saturated heterocycles. The Bertz CT molecular complexity index is 1190. The van der Waals surface area contributed by atoms with E-state index in [1.807, 2.05) is 98.8 Å². The summed E-state index contributed by atoms with van der Waals surface area (Å²) >= 11 is 0. The zero-order valence-corrected chi connectivity index (χ0v) is 20.2. The lowest BCUT2D eigenvalue weighted by atomic mass is 9.94. The van der Waals surface area contributed by atoms with Crippen LogP contribution in [0.15, 0.2) is 96.2 Å². The molecule has 0 aromatic heterocycles. The topological polar surface area (TPSA) is 67.9 Å². The lowest BCUT2D eigenvalue weighted by Crippen LogP contribution is -2.47. The molecule has 6 nitrogen and oxygen atoms in total. The van der Waals surface area contributed by atoms with Crippen molar-refractivity contribution in [1.29, 1.82) is 0 Å². The van der Waals surface area contributed by atoms with Gasteiger partial charge in [0.25, 0.3) is 0 Å². The predicted octanol–water partition coefficient (Wildman–Crippen LogP) is 5.76. The Hall–Kier alpha value is -4.06. The number of hydrogen-bond donors (Lipinski definition) is 1. The fraction of sp³-hybridized carbons (Fsp3) is 0.241. The molecule has 3 aromatic rings. The van der Waals surface area contributed by atoms with Crippen LogP contribution in [0.1, 0.15) is 43.5 Å². The molecule has 1 aliphatic heterocycles. The SMILES string of the molecule is CC1=C(C(=O)OC(C)C)[C@@H](c2ccc(OCc3ccccc3)cc2)NC(=O)N1Cc1ccccc1. The number of rotatable bonds is 8. The summed E-state index contributed by atoms with van der Waals surface area (Å²) in [6.45, 7) is 6.23. The molecular weight excluding hydrogens is 440 g/mol. The number of benzene rings is 3.